The van der Waals surface area contributed by atoms with E-state index in [1.165, 1.54) is 19.1 Å². The number of carbonyl (C=O) groups excluding carboxylic acids is 2. The second-order valence-electron chi connectivity index (χ2n) is 7.30. The number of hydrogen-bond acceptors (Lipinski definition) is 9. The third kappa shape index (κ3) is 4.59. The second-order valence-corrected chi connectivity index (χ2v) is 8.16. The zero-order valence-corrected chi connectivity index (χ0v) is 19.2. The largest absolute Gasteiger partial charge is 0.497 e. The molecule has 1 N–H and O–H groups in total. The van der Waals surface area contributed by atoms with Crippen LogP contribution in [-0.2, 0) is 9.53 Å². The Labute approximate surface area is 197 Å². The number of nitro groups is 1. The maximum absolute atomic E-state index is 12.6. The molecular weight excluding hydrogens is 462 g/mol. The quantitative estimate of drug-likeness (QED) is 0.222. The molecule has 2 aromatic carbocycles. The van der Waals surface area contributed by atoms with Gasteiger partial charge in [0.1, 0.15) is 11.3 Å². The summed E-state index contributed by atoms with van der Waals surface area (Å²) in [6, 6.07) is 11.2. The molecule has 0 radical (unpaired) electrons. The number of anilines is 1. The van der Waals surface area contributed by atoms with E-state index in [0.717, 1.165) is 11.3 Å². The molecule has 10 nitrogen and oxygen atoms in total. The van der Waals surface area contributed by atoms with Gasteiger partial charge >= 0.3 is 5.97 Å². The third-order valence-electron chi connectivity index (χ3n) is 5.07. The van der Waals surface area contributed by atoms with E-state index in [1.54, 1.807) is 49.7 Å². The highest BCUT2D eigenvalue weighted by atomic mass is 32.1. The molecule has 2 aromatic heterocycles. The smallest absolute Gasteiger partial charge is 0.375 e. The summed E-state index contributed by atoms with van der Waals surface area (Å²) in [5.74, 6) is -0.724. The summed E-state index contributed by atoms with van der Waals surface area (Å²) in [6.07, 6.45) is -1.13. The minimum absolute atomic E-state index is 0.00473. The van der Waals surface area contributed by atoms with Crippen LogP contribution in [0.2, 0.25) is 0 Å². The second kappa shape index (κ2) is 9.32. The van der Waals surface area contributed by atoms with E-state index in [-0.39, 0.29) is 16.6 Å². The van der Waals surface area contributed by atoms with Crippen LogP contribution in [0.4, 0.5) is 10.8 Å². The van der Waals surface area contributed by atoms with Crippen molar-refractivity contribution in [2.75, 3.05) is 12.4 Å². The van der Waals surface area contributed by atoms with Crippen LogP contribution < -0.4 is 10.1 Å². The highest BCUT2D eigenvalue weighted by Crippen LogP contribution is 2.30. The first-order chi connectivity index (χ1) is 16.3. The predicted molar refractivity (Wildman–Crippen MR) is 125 cm³/mol. The molecule has 0 aliphatic carbocycles. The van der Waals surface area contributed by atoms with Gasteiger partial charge in [-0.25, -0.2) is 9.78 Å². The van der Waals surface area contributed by atoms with Crippen LogP contribution in [0.5, 0.6) is 5.75 Å². The maximum atomic E-state index is 12.6. The number of furan rings is 1. The van der Waals surface area contributed by atoms with Gasteiger partial charge in [-0.3, -0.25) is 20.2 Å². The average molecular weight is 481 g/mol. The number of nitro benzene ring substituents is 1. The number of aromatic nitrogens is 1. The molecule has 0 saturated carbocycles. The number of amides is 1. The number of nitrogens with one attached hydrogen (secondary N) is 1. The number of hydrogen-bond donors (Lipinski definition) is 1. The van der Waals surface area contributed by atoms with Gasteiger partial charge in [0, 0.05) is 34.0 Å². The van der Waals surface area contributed by atoms with Crippen molar-refractivity contribution >= 4 is 45.0 Å². The predicted octanol–water partition coefficient (Wildman–Crippen LogP) is 4.97. The van der Waals surface area contributed by atoms with E-state index in [0.29, 0.717) is 33.5 Å². The molecule has 0 spiro atoms. The van der Waals surface area contributed by atoms with E-state index in [4.69, 9.17) is 13.9 Å². The number of aryl methyl sites for hydroxylation is 1. The molecule has 11 heteroatoms. The fraction of sp³-hybridized carbons (Fsp3) is 0.174. The SMILES string of the molecule is COc1ccc2oc(C(=O)O[C@H](C)C(=O)Nc3nc(-c4cccc([N+](=O)[O-])c4)cs3)c(C)c2c1. The summed E-state index contributed by atoms with van der Waals surface area (Å²) in [5, 5.41) is 16.2. The number of thiazole rings is 1. The van der Waals surface area contributed by atoms with E-state index in [2.05, 4.69) is 10.3 Å². The van der Waals surface area contributed by atoms with Crippen LogP contribution in [0.1, 0.15) is 23.0 Å². The number of fused-ring (bicyclic) bond motifs is 1. The van der Waals surface area contributed by atoms with Gasteiger partial charge in [-0.05, 0) is 32.0 Å². The fourth-order valence-corrected chi connectivity index (χ4v) is 3.96. The molecule has 0 aliphatic rings. The van der Waals surface area contributed by atoms with Crippen molar-refractivity contribution in [3.05, 3.63) is 69.3 Å². The Balaban J connectivity index is 1.43. The van der Waals surface area contributed by atoms with Crippen molar-refractivity contribution < 1.29 is 28.4 Å². The van der Waals surface area contributed by atoms with E-state index in [1.807, 2.05) is 0 Å². The number of rotatable bonds is 7. The van der Waals surface area contributed by atoms with Gasteiger partial charge in [0.25, 0.3) is 11.6 Å². The lowest BCUT2D eigenvalue weighted by Crippen LogP contribution is -2.30. The van der Waals surface area contributed by atoms with Crippen LogP contribution in [-0.4, -0.2) is 35.0 Å². The molecule has 4 rings (SSSR count). The van der Waals surface area contributed by atoms with Crippen molar-refractivity contribution in [3.8, 4) is 17.0 Å². The van der Waals surface area contributed by atoms with Crippen molar-refractivity contribution in [1.82, 2.24) is 4.98 Å². The van der Waals surface area contributed by atoms with Gasteiger partial charge in [-0.15, -0.1) is 11.3 Å². The van der Waals surface area contributed by atoms with Gasteiger partial charge in [0.2, 0.25) is 5.76 Å². The molecule has 0 aliphatic heterocycles. The Bertz CT molecular complexity index is 1410. The number of ether oxygens (including phenoxy) is 2. The Kier molecular flexibility index (Phi) is 6.28. The van der Waals surface area contributed by atoms with Crippen LogP contribution in [0, 0.1) is 17.0 Å². The van der Waals surface area contributed by atoms with Crippen LogP contribution in [0.15, 0.2) is 52.3 Å². The van der Waals surface area contributed by atoms with Gasteiger partial charge in [-0.2, -0.15) is 0 Å². The van der Waals surface area contributed by atoms with Gasteiger partial charge < -0.3 is 13.9 Å². The van der Waals surface area contributed by atoms with Gasteiger partial charge in [0.15, 0.2) is 11.2 Å². The molecular formula is C23H19N3O7S. The van der Waals surface area contributed by atoms with Gasteiger partial charge in [-0.1, -0.05) is 12.1 Å². The zero-order chi connectivity index (χ0) is 24.4. The first kappa shape index (κ1) is 22.9. The highest BCUT2D eigenvalue weighted by Gasteiger charge is 2.25. The monoisotopic (exact) mass is 481 g/mol. The Morgan fingerprint density at radius 1 is 1.24 bits per heavy atom. The summed E-state index contributed by atoms with van der Waals surface area (Å²) in [4.78, 5) is 40.0. The number of methoxy groups -OCH3 is 1. The third-order valence-corrected chi connectivity index (χ3v) is 5.83. The molecule has 1 atom stereocenters. The molecule has 0 bridgehead atoms. The van der Waals surface area contributed by atoms with Crippen LogP contribution in [0.3, 0.4) is 0 Å². The van der Waals surface area contributed by atoms with Crippen LogP contribution in [0.25, 0.3) is 22.2 Å². The van der Waals surface area contributed by atoms with E-state index < -0.39 is 22.9 Å². The van der Waals surface area contributed by atoms with Crippen molar-refractivity contribution in [1.29, 1.82) is 0 Å². The van der Waals surface area contributed by atoms with Crippen molar-refractivity contribution in [2.45, 2.75) is 20.0 Å². The number of nitrogens with zero attached hydrogens (tertiary/aromatic N) is 2. The Hall–Kier alpha value is -4.25. The Morgan fingerprint density at radius 3 is 2.76 bits per heavy atom. The molecule has 0 saturated heterocycles. The standard InChI is InChI=1S/C23H19N3O7S/c1-12-17-10-16(31-3)7-8-19(17)33-20(12)22(28)32-13(2)21(27)25-23-24-18(11-34-23)14-5-4-6-15(9-14)26(29)30/h4-11,13H,1-3H3,(H,24,25,27)/t13-/m1/s1. The molecule has 0 fully saturated rings. The Morgan fingerprint density at radius 2 is 2.03 bits per heavy atom. The number of benzene rings is 2. The van der Waals surface area contributed by atoms with E-state index in [9.17, 15) is 19.7 Å². The lowest BCUT2D eigenvalue weighted by atomic mass is 10.1. The molecule has 34 heavy (non-hydrogen) atoms. The number of esters is 1. The van der Waals surface area contributed by atoms with Gasteiger partial charge in [0.05, 0.1) is 17.7 Å². The zero-order valence-electron chi connectivity index (χ0n) is 18.4. The summed E-state index contributed by atoms with van der Waals surface area (Å²) in [7, 11) is 1.54. The minimum Gasteiger partial charge on any atom is -0.497 e. The normalized spacial score (nSPS) is 11.7. The first-order valence-electron chi connectivity index (χ1n) is 10.1. The average Bonchev–Trinajstić information content (AvgIpc) is 3.43. The first-order valence-corrected chi connectivity index (χ1v) is 10.9. The van der Waals surface area contributed by atoms with Crippen molar-refractivity contribution in [3.63, 3.8) is 0 Å². The molecule has 2 heterocycles. The number of non-ortho nitro benzene ring substituents is 1. The lowest BCUT2D eigenvalue weighted by molar-refractivity contribution is -0.384. The maximum Gasteiger partial charge on any atom is 0.375 e. The summed E-state index contributed by atoms with van der Waals surface area (Å²) >= 11 is 1.14. The molecule has 4 aromatic rings. The summed E-state index contributed by atoms with van der Waals surface area (Å²) in [6.45, 7) is 3.15. The van der Waals surface area contributed by atoms with Crippen LogP contribution >= 0.6 is 11.3 Å². The highest BCUT2D eigenvalue weighted by molar-refractivity contribution is 7.14. The summed E-state index contributed by atoms with van der Waals surface area (Å²) in [5.41, 5.74) is 2.03. The number of carbonyl (C=O) groups is 2. The molecule has 1 amide bonds. The van der Waals surface area contributed by atoms with E-state index >= 15 is 0 Å². The minimum atomic E-state index is -1.13. The fourth-order valence-electron chi connectivity index (χ4n) is 3.24. The molecule has 174 valence electrons. The van der Waals surface area contributed by atoms with Crippen molar-refractivity contribution in [2.24, 2.45) is 0 Å². The lowest BCUT2D eigenvalue weighted by Gasteiger charge is -2.11. The summed E-state index contributed by atoms with van der Waals surface area (Å²) < 4.78 is 16.1. The molecule has 0 unspecified atom stereocenters. The topological polar surface area (TPSA) is 134 Å².